The van der Waals surface area contributed by atoms with Gasteiger partial charge in [0.25, 0.3) is 11.5 Å². The minimum atomic E-state index is -0.311. The summed E-state index contributed by atoms with van der Waals surface area (Å²) in [6.45, 7) is 3.69. The molecule has 2 heterocycles. The van der Waals surface area contributed by atoms with E-state index in [1.165, 1.54) is 0 Å². The Morgan fingerprint density at radius 1 is 1.09 bits per heavy atom. The zero-order chi connectivity index (χ0) is 16.2. The maximum absolute atomic E-state index is 12.6. The summed E-state index contributed by atoms with van der Waals surface area (Å²) in [5.74, 6) is 0.492. The quantitative estimate of drug-likeness (QED) is 0.925. The van der Waals surface area contributed by atoms with Gasteiger partial charge in [0, 0.05) is 18.8 Å². The number of nitrogens with one attached hydrogen (secondary N) is 1. The molecule has 1 unspecified atom stereocenters. The summed E-state index contributed by atoms with van der Waals surface area (Å²) in [5.41, 5.74) is 1.59. The SMILES string of the molecule is CC1CCCN(C(=O)c2ccc(-c3ccccc3)[nH]c2=O)CC1. The Hall–Kier alpha value is -2.36. The summed E-state index contributed by atoms with van der Waals surface area (Å²) >= 11 is 0. The fourth-order valence-corrected chi connectivity index (χ4v) is 3.06. The lowest BCUT2D eigenvalue weighted by Gasteiger charge is -2.20. The molecular formula is C19H22N2O2. The third kappa shape index (κ3) is 3.52. The fourth-order valence-electron chi connectivity index (χ4n) is 3.06. The normalized spacial score (nSPS) is 18.5. The highest BCUT2D eigenvalue weighted by atomic mass is 16.2. The van der Waals surface area contributed by atoms with Gasteiger partial charge >= 0.3 is 0 Å². The molecule has 1 atom stereocenters. The molecule has 4 heteroatoms. The zero-order valence-corrected chi connectivity index (χ0v) is 13.4. The number of aromatic nitrogens is 1. The molecular weight excluding hydrogens is 288 g/mol. The van der Waals surface area contributed by atoms with Crippen LogP contribution in [0.1, 0.15) is 36.5 Å². The summed E-state index contributed by atoms with van der Waals surface area (Å²) in [7, 11) is 0. The van der Waals surface area contributed by atoms with Crippen molar-refractivity contribution in [1.82, 2.24) is 9.88 Å². The molecule has 1 fully saturated rings. The summed E-state index contributed by atoms with van der Waals surface area (Å²) in [5, 5.41) is 0. The molecule has 120 valence electrons. The molecule has 2 aromatic rings. The van der Waals surface area contributed by atoms with Gasteiger partial charge in [0.1, 0.15) is 5.56 Å². The van der Waals surface area contributed by atoms with Gasteiger partial charge in [-0.15, -0.1) is 0 Å². The lowest BCUT2D eigenvalue weighted by atomic mass is 10.0. The van der Waals surface area contributed by atoms with Gasteiger partial charge in [0.15, 0.2) is 0 Å². The number of carbonyl (C=O) groups excluding carboxylic acids is 1. The van der Waals surface area contributed by atoms with Gasteiger partial charge in [0.05, 0.1) is 0 Å². The summed E-state index contributed by atoms with van der Waals surface area (Å²) in [6, 6.07) is 13.1. The molecule has 1 aliphatic rings. The second-order valence-electron chi connectivity index (χ2n) is 6.31. The Bertz CT molecular complexity index is 737. The molecule has 23 heavy (non-hydrogen) atoms. The van der Waals surface area contributed by atoms with Gasteiger partial charge in [-0.05, 0) is 42.9 Å². The smallest absolute Gasteiger partial charge is 0.261 e. The number of aromatic amines is 1. The van der Waals surface area contributed by atoms with Gasteiger partial charge in [-0.2, -0.15) is 0 Å². The number of likely N-dealkylation sites (tertiary alicyclic amines) is 1. The molecule has 1 saturated heterocycles. The third-order valence-electron chi connectivity index (χ3n) is 4.53. The van der Waals surface area contributed by atoms with Crippen LogP contribution >= 0.6 is 0 Å². The standard InChI is InChI=1S/C19H22N2O2/c1-14-6-5-12-21(13-11-14)19(23)16-9-10-17(20-18(16)22)15-7-3-2-4-8-15/h2-4,7-10,14H,5-6,11-13H2,1H3,(H,20,22). The number of pyridine rings is 1. The molecule has 0 radical (unpaired) electrons. The number of carbonyl (C=O) groups is 1. The Morgan fingerprint density at radius 3 is 2.61 bits per heavy atom. The van der Waals surface area contributed by atoms with Crippen molar-refractivity contribution in [2.45, 2.75) is 26.2 Å². The van der Waals surface area contributed by atoms with Crippen molar-refractivity contribution in [2.75, 3.05) is 13.1 Å². The van der Waals surface area contributed by atoms with Crippen molar-refractivity contribution in [3.63, 3.8) is 0 Å². The second-order valence-corrected chi connectivity index (χ2v) is 6.31. The lowest BCUT2D eigenvalue weighted by Crippen LogP contribution is -2.35. The van der Waals surface area contributed by atoms with Crippen molar-refractivity contribution < 1.29 is 4.79 Å². The van der Waals surface area contributed by atoms with E-state index in [2.05, 4.69) is 11.9 Å². The molecule has 0 spiro atoms. The number of benzene rings is 1. The third-order valence-corrected chi connectivity index (χ3v) is 4.53. The molecule has 0 aliphatic carbocycles. The Morgan fingerprint density at radius 2 is 1.87 bits per heavy atom. The Labute approximate surface area is 136 Å². The van der Waals surface area contributed by atoms with Gasteiger partial charge in [-0.25, -0.2) is 0 Å². The average Bonchev–Trinajstić information content (AvgIpc) is 2.79. The first kappa shape index (κ1) is 15.5. The number of hydrogen-bond donors (Lipinski definition) is 1. The number of nitrogens with zero attached hydrogens (tertiary/aromatic N) is 1. The van der Waals surface area contributed by atoms with Crippen LogP contribution in [-0.4, -0.2) is 28.9 Å². The van der Waals surface area contributed by atoms with Crippen LogP contribution in [0.15, 0.2) is 47.3 Å². The van der Waals surface area contributed by atoms with Crippen molar-refractivity contribution >= 4 is 5.91 Å². The molecule has 1 aromatic carbocycles. The number of rotatable bonds is 2. The zero-order valence-electron chi connectivity index (χ0n) is 13.4. The van der Waals surface area contributed by atoms with Crippen molar-refractivity contribution in [2.24, 2.45) is 5.92 Å². The first-order chi connectivity index (χ1) is 11.1. The first-order valence-electron chi connectivity index (χ1n) is 8.23. The highest BCUT2D eigenvalue weighted by Crippen LogP contribution is 2.18. The summed E-state index contributed by atoms with van der Waals surface area (Å²) in [4.78, 5) is 29.6. The highest BCUT2D eigenvalue weighted by molar-refractivity contribution is 5.94. The summed E-state index contributed by atoms with van der Waals surface area (Å²) < 4.78 is 0. The van der Waals surface area contributed by atoms with Crippen LogP contribution in [0.2, 0.25) is 0 Å². The maximum Gasteiger partial charge on any atom is 0.261 e. The van der Waals surface area contributed by atoms with Gasteiger partial charge in [-0.3, -0.25) is 9.59 Å². The Balaban J connectivity index is 1.83. The van der Waals surface area contributed by atoms with E-state index in [1.54, 1.807) is 6.07 Å². The van der Waals surface area contributed by atoms with Crippen LogP contribution in [0.4, 0.5) is 0 Å². The molecule has 1 N–H and O–H groups in total. The monoisotopic (exact) mass is 310 g/mol. The predicted octanol–water partition coefficient (Wildman–Crippen LogP) is 3.30. The van der Waals surface area contributed by atoms with Crippen molar-refractivity contribution in [1.29, 1.82) is 0 Å². The summed E-state index contributed by atoms with van der Waals surface area (Å²) in [6.07, 6.45) is 3.16. The van der Waals surface area contributed by atoms with Gasteiger partial charge in [0.2, 0.25) is 0 Å². The number of H-pyrrole nitrogens is 1. The van der Waals surface area contributed by atoms with Crippen LogP contribution < -0.4 is 5.56 Å². The van der Waals surface area contributed by atoms with Gasteiger partial charge in [-0.1, -0.05) is 37.3 Å². The van der Waals surface area contributed by atoms with Gasteiger partial charge < -0.3 is 9.88 Å². The van der Waals surface area contributed by atoms with E-state index in [0.29, 0.717) is 5.92 Å². The van der Waals surface area contributed by atoms with E-state index < -0.39 is 0 Å². The van der Waals surface area contributed by atoms with Crippen LogP contribution in [0.25, 0.3) is 11.3 Å². The molecule has 3 rings (SSSR count). The highest BCUT2D eigenvalue weighted by Gasteiger charge is 2.21. The van der Waals surface area contributed by atoms with Crippen molar-refractivity contribution in [3.05, 3.63) is 58.4 Å². The van der Waals surface area contributed by atoms with Crippen LogP contribution in [0.3, 0.4) is 0 Å². The van der Waals surface area contributed by atoms with E-state index in [1.807, 2.05) is 41.3 Å². The molecule has 1 amide bonds. The maximum atomic E-state index is 12.6. The van der Waals surface area contributed by atoms with E-state index in [-0.39, 0.29) is 17.0 Å². The van der Waals surface area contributed by atoms with E-state index >= 15 is 0 Å². The fraction of sp³-hybridized carbons (Fsp3) is 0.368. The minimum Gasteiger partial charge on any atom is -0.338 e. The van der Waals surface area contributed by atoms with Crippen molar-refractivity contribution in [3.8, 4) is 11.3 Å². The molecule has 0 saturated carbocycles. The van der Waals surface area contributed by atoms with Crippen LogP contribution in [0, 0.1) is 5.92 Å². The average molecular weight is 310 g/mol. The molecule has 1 aliphatic heterocycles. The second kappa shape index (κ2) is 6.82. The number of amides is 1. The molecule has 0 bridgehead atoms. The predicted molar refractivity (Wildman–Crippen MR) is 91.4 cm³/mol. The van der Waals surface area contributed by atoms with E-state index in [9.17, 15) is 9.59 Å². The topological polar surface area (TPSA) is 53.2 Å². The number of hydrogen-bond acceptors (Lipinski definition) is 2. The lowest BCUT2D eigenvalue weighted by molar-refractivity contribution is 0.0758. The van der Waals surface area contributed by atoms with E-state index in [0.717, 1.165) is 43.6 Å². The first-order valence-corrected chi connectivity index (χ1v) is 8.23. The minimum absolute atomic E-state index is 0.153. The Kier molecular flexibility index (Phi) is 4.60. The molecule has 4 nitrogen and oxygen atoms in total. The molecule has 1 aromatic heterocycles. The van der Waals surface area contributed by atoms with Crippen LogP contribution in [0.5, 0.6) is 0 Å². The van der Waals surface area contributed by atoms with E-state index in [4.69, 9.17) is 0 Å². The largest absolute Gasteiger partial charge is 0.338 e. The van der Waals surface area contributed by atoms with Crippen LogP contribution in [-0.2, 0) is 0 Å².